The first kappa shape index (κ1) is 23.4. The second-order valence-electron chi connectivity index (χ2n) is 7.77. The Labute approximate surface area is 181 Å². The molecule has 1 saturated heterocycles. The molecule has 158 valence electrons. The van der Waals surface area contributed by atoms with E-state index in [1.807, 2.05) is 42.5 Å². The van der Waals surface area contributed by atoms with Gasteiger partial charge in [-0.2, -0.15) is 0 Å². The number of carbonyl (C=O) groups excluding carboxylic acids is 1. The van der Waals surface area contributed by atoms with Crippen LogP contribution in [0.15, 0.2) is 54.6 Å². The van der Waals surface area contributed by atoms with Gasteiger partial charge >= 0.3 is 0 Å². The van der Waals surface area contributed by atoms with Crippen LogP contribution in [0, 0.1) is 0 Å². The Morgan fingerprint density at radius 2 is 1.66 bits per heavy atom. The molecule has 0 bridgehead atoms. The molecule has 0 radical (unpaired) electrons. The van der Waals surface area contributed by atoms with Crippen molar-refractivity contribution < 1.29 is 9.53 Å². The fourth-order valence-corrected chi connectivity index (χ4v) is 3.88. The largest absolute Gasteiger partial charge is 0.494 e. The molecular weight excluding hydrogens is 382 g/mol. The number of rotatable bonds is 10. The number of carbonyl (C=O) groups is 1. The highest BCUT2D eigenvalue weighted by atomic mass is 35.5. The number of ketones is 1. The number of benzene rings is 2. The molecule has 2 aromatic rings. The molecule has 1 atom stereocenters. The first-order valence-electron chi connectivity index (χ1n) is 10.8. The second-order valence-corrected chi connectivity index (χ2v) is 7.77. The monoisotopic (exact) mass is 415 g/mol. The molecule has 1 aliphatic heterocycles. The molecule has 3 rings (SSSR count). The van der Waals surface area contributed by atoms with E-state index in [0.29, 0.717) is 0 Å². The number of likely N-dealkylation sites (tertiary alicyclic amines) is 1. The van der Waals surface area contributed by atoms with Crippen LogP contribution in [0.25, 0.3) is 0 Å². The standard InChI is InChI=1S/C25H33NO2.ClH/c1-2-3-10-19-28-23-15-13-22(14-16-23)25(27)24(21-11-6-4-7-12-21)20-26-17-8-5-9-18-26;/h4,6-7,11-16,24H,2-3,5,8-10,17-20H2,1H3;1H. The van der Waals surface area contributed by atoms with E-state index < -0.39 is 0 Å². The van der Waals surface area contributed by atoms with E-state index in [4.69, 9.17) is 4.74 Å². The maximum atomic E-state index is 13.4. The second kappa shape index (κ2) is 12.7. The number of hydrogen-bond donors (Lipinski definition) is 0. The number of piperidine rings is 1. The SMILES string of the molecule is CCCCCOc1ccc(C(=O)C(CN2CCCCC2)c2ccccc2)cc1.Cl. The predicted octanol–water partition coefficient (Wildman–Crippen LogP) is 6.13. The molecule has 1 aliphatic rings. The minimum Gasteiger partial charge on any atom is -0.494 e. The number of Topliss-reactive ketones (excluding diaryl/α,β-unsaturated/α-hetero) is 1. The summed E-state index contributed by atoms with van der Waals surface area (Å²) in [6.07, 6.45) is 7.23. The lowest BCUT2D eigenvalue weighted by Crippen LogP contribution is -2.35. The quantitative estimate of drug-likeness (QED) is 0.345. The van der Waals surface area contributed by atoms with Crippen LogP contribution in [0.4, 0.5) is 0 Å². The highest BCUT2D eigenvalue weighted by Gasteiger charge is 2.25. The first-order valence-corrected chi connectivity index (χ1v) is 10.8. The minimum atomic E-state index is -0.115. The van der Waals surface area contributed by atoms with Crippen LogP contribution in [0.3, 0.4) is 0 Å². The van der Waals surface area contributed by atoms with Crippen LogP contribution in [0.5, 0.6) is 5.75 Å². The molecule has 1 fully saturated rings. The molecule has 3 nitrogen and oxygen atoms in total. The molecular formula is C25H34ClNO2. The zero-order chi connectivity index (χ0) is 19.6. The molecule has 0 aromatic heterocycles. The van der Waals surface area contributed by atoms with E-state index in [2.05, 4.69) is 24.0 Å². The van der Waals surface area contributed by atoms with Crippen LogP contribution in [0.2, 0.25) is 0 Å². The smallest absolute Gasteiger partial charge is 0.171 e. The van der Waals surface area contributed by atoms with Crippen molar-refractivity contribution in [3.8, 4) is 5.75 Å². The Kier molecular flexibility index (Phi) is 10.2. The maximum Gasteiger partial charge on any atom is 0.171 e. The van der Waals surface area contributed by atoms with Gasteiger partial charge in [0.2, 0.25) is 0 Å². The maximum absolute atomic E-state index is 13.4. The van der Waals surface area contributed by atoms with Crippen LogP contribution in [0.1, 0.15) is 67.3 Å². The summed E-state index contributed by atoms with van der Waals surface area (Å²) in [4.78, 5) is 15.8. The summed E-state index contributed by atoms with van der Waals surface area (Å²) in [5, 5.41) is 0. The van der Waals surface area contributed by atoms with E-state index in [1.165, 1.54) is 32.1 Å². The average molecular weight is 416 g/mol. The van der Waals surface area contributed by atoms with Gasteiger partial charge in [-0.25, -0.2) is 0 Å². The number of halogens is 1. The number of ether oxygens (including phenoxy) is 1. The normalized spacial score (nSPS) is 15.3. The molecule has 4 heteroatoms. The number of unbranched alkanes of at least 4 members (excludes halogenated alkanes) is 2. The molecule has 1 heterocycles. The van der Waals surface area contributed by atoms with Gasteiger partial charge in [-0.3, -0.25) is 4.79 Å². The predicted molar refractivity (Wildman–Crippen MR) is 123 cm³/mol. The van der Waals surface area contributed by atoms with Crippen molar-refractivity contribution in [1.82, 2.24) is 4.90 Å². The molecule has 0 spiro atoms. The van der Waals surface area contributed by atoms with Gasteiger partial charge in [0.1, 0.15) is 5.75 Å². The third-order valence-corrected chi connectivity index (χ3v) is 5.56. The topological polar surface area (TPSA) is 29.5 Å². The van der Waals surface area contributed by atoms with E-state index in [-0.39, 0.29) is 24.1 Å². The Morgan fingerprint density at radius 3 is 2.31 bits per heavy atom. The van der Waals surface area contributed by atoms with Gasteiger partial charge in [-0.1, -0.05) is 56.5 Å². The summed E-state index contributed by atoms with van der Waals surface area (Å²) in [5.41, 5.74) is 1.88. The molecule has 0 aliphatic carbocycles. The van der Waals surface area contributed by atoms with Crippen molar-refractivity contribution in [2.24, 2.45) is 0 Å². The fraction of sp³-hybridized carbons (Fsp3) is 0.480. The van der Waals surface area contributed by atoms with Crippen molar-refractivity contribution in [3.63, 3.8) is 0 Å². The Hall–Kier alpha value is -1.84. The zero-order valence-electron chi connectivity index (χ0n) is 17.5. The highest BCUT2D eigenvalue weighted by molar-refractivity contribution is 6.01. The molecule has 0 saturated carbocycles. The van der Waals surface area contributed by atoms with Gasteiger partial charge in [0, 0.05) is 12.1 Å². The van der Waals surface area contributed by atoms with Crippen molar-refractivity contribution >= 4 is 18.2 Å². The van der Waals surface area contributed by atoms with E-state index in [0.717, 1.165) is 49.5 Å². The minimum absolute atomic E-state index is 0. The third kappa shape index (κ3) is 7.17. The van der Waals surface area contributed by atoms with Crippen molar-refractivity contribution in [3.05, 3.63) is 65.7 Å². The molecule has 1 unspecified atom stereocenters. The Morgan fingerprint density at radius 1 is 0.966 bits per heavy atom. The first-order chi connectivity index (χ1) is 13.8. The van der Waals surface area contributed by atoms with Crippen molar-refractivity contribution in [1.29, 1.82) is 0 Å². The van der Waals surface area contributed by atoms with Gasteiger partial charge in [0.05, 0.1) is 12.5 Å². The molecule has 2 aromatic carbocycles. The van der Waals surface area contributed by atoms with E-state index in [9.17, 15) is 4.79 Å². The molecule has 0 amide bonds. The van der Waals surface area contributed by atoms with Gasteiger partial charge in [-0.05, 0) is 62.2 Å². The summed E-state index contributed by atoms with van der Waals surface area (Å²) < 4.78 is 5.79. The Balaban J connectivity index is 0.00000300. The highest BCUT2D eigenvalue weighted by Crippen LogP contribution is 2.25. The van der Waals surface area contributed by atoms with Gasteiger partial charge in [0.15, 0.2) is 5.78 Å². The lowest BCUT2D eigenvalue weighted by atomic mass is 9.89. The summed E-state index contributed by atoms with van der Waals surface area (Å²) in [6.45, 7) is 5.93. The molecule has 0 N–H and O–H groups in total. The summed E-state index contributed by atoms with van der Waals surface area (Å²) in [7, 11) is 0. The summed E-state index contributed by atoms with van der Waals surface area (Å²) in [6, 6.07) is 17.9. The third-order valence-electron chi connectivity index (χ3n) is 5.56. The molecule has 29 heavy (non-hydrogen) atoms. The van der Waals surface area contributed by atoms with E-state index in [1.54, 1.807) is 0 Å². The van der Waals surface area contributed by atoms with Crippen molar-refractivity contribution in [2.75, 3.05) is 26.2 Å². The van der Waals surface area contributed by atoms with Crippen LogP contribution < -0.4 is 4.74 Å². The van der Waals surface area contributed by atoms with Crippen LogP contribution in [-0.2, 0) is 0 Å². The lowest BCUT2D eigenvalue weighted by molar-refractivity contribution is 0.0925. The van der Waals surface area contributed by atoms with Gasteiger partial charge in [0.25, 0.3) is 0 Å². The fourth-order valence-electron chi connectivity index (χ4n) is 3.88. The van der Waals surface area contributed by atoms with Crippen LogP contribution in [-0.4, -0.2) is 36.9 Å². The number of nitrogens with zero attached hydrogens (tertiary/aromatic N) is 1. The zero-order valence-corrected chi connectivity index (χ0v) is 18.3. The van der Waals surface area contributed by atoms with Crippen LogP contribution >= 0.6 is 12.4 Å². The summed E-state index contributed by atoms with van der Waals surface area (Å²) >= 11 is 0. The van der Waals surface area contributed by atoms with Gasteiger partial charge in [-0.15, -0.1) is 12.4 Å². The van der Waals surface area contributed by atoms with E-state index >= 15 is 0 Å². The van der Waals surface area contributed by atoms with Gasteiger partial charge < -0.3 is 9.64 Å². The van der Waals surface area contributed by atoms with Crippen molar-refractivity contribution in [2.45, 2.75) is 51.4 Å². The Bertz CT molecular complexity index is 711. The summed E-state index contributed by atoms with van der Waals surface area (Å²) in [5.74, 6) is 0.935. The number of hydrogen-bond acceptors (Lipinski definition) is 3. The lowest BCUT2D eigenvalue weighted by Gasteiger charge is -2.30. The average Bonchev–Trinajstić information content (AvgIpc) is 2.76.